The van der Waals surface area contributed by atoms with Crippen molar-refractivity contribution in [1.29, 1.82) is 0 Å². The van der Waals surface area contributed by atoms with Crippen LogP contribution in [0.5, 0.6) is 0 Å². The molecule has 0 aromatic heterocycles. The lowest BCUT2D eigenvalue weighted by atomic mass is 10.1. The van der Waals surface area contributed by atoms with Gasteiger partial charge in [-0.3, -0.25) is 4.79 Å². The van der Waals surface area contributed by atoms with Crippen LogP contribution in [0, 0.1) is 23.5 Å². The number of carbonyl (C=O) groups is 2. The van der Waals surface area contributed by atoms with Crippen molar-refractivity contribution in [2.45, 2.75) is 19.4 Å². The first-order valence-electron chi connectivity index (χ1n) is 6.27. The second kappa shape index (κ2) is 5.56. The minimum Gasteiger partial charge on any atom is -0.467 e. The van der Waals surface area contributed by atoms with Crippen LogP contribution in [0.1, 0.15) is 24.9 Å². The fourth-order valence-electron chi connectivity index (χ4n) is 2.05. The Hall–Kier alpha value is -1.98. The molecule has 6 heteroatoms. The molecule has 1 N–H and O–H groups in total. The van der Waals surface area contributed by atoms with Crippen LogP contribution >= 0.6 is 0 Å². The fraction of sp³-hybridized carbons (Fsp3) is 0.429. The molecular formula is C14H15F2NO3. The van der Waals surface area contributed by atoms with Gasteiger partial charge in [0.1, 0.15) is 11.6 Å². The highest BCUT2D eigenvalue weighted by Crippen LogP contribution is 2.38. The van der Waals surface area contributed by atoms with Gasteiger partial charge < -0.3 is 10.1 Å². The molecule has 4 nitrogen and oxygen atoms in total. The number of hydrogen-bond donors (Lipinski definition) is 1. The summed E-state index contributed by atoms with van der Waals surface area (Å²) in [6, 6.07) is 1.40. The lowest BCUT2D eigenvalue weighted by molar-refractivity contribution is -0.145. The number of halogens is 2. The molecule has 108 valence electrons. The first-order chi connectivity index (χ1) is 9.43. The number of methoxy groups -OCH3 is 1. The molecule has 1 aromatic rings. The van der Waals surface area contributed by atoms with E-state index in [2.05, 4.69) is 10.1 Å². The Balaban J connectivity index is 2.25. The zero-order valence-corrected chi connectivity index (χ0v) is 11.2. The van der Waals surface area contributed by atoms with Crippen molar-refractivity contribution < 1.29 is 23.1 Å². The summed E-state index contributed by atoms with van der Waals surface area (Å²) in [6.45, 7) is 1.90. The molecule has 0 heterocycles. The lowest BCUT2D eigenvalue weighted by Gasteiger charge is -2.17. The van der Waals surface area contributed by atoms with E-state index in [1.807, 2.05) is 6.92 Å². The average molecular weight is 283 g/mol. The highest BCUT2D eigenvalue weighted by atomic mass is 19.1. The van der Waals surface area contributed by atoms with E-state index in [1.54, 1.807) is 0 Å². The molecule has 1 saturated carbocycles. The van der Waals surface area contributed by atoms with Crippen molar-refractivity contribution in [2.75, 3.05) is 7.11 Å². The number of nitrogens with one attached hydrogen (secondary N) is 1. The highest BCUT2D eigenvalue weighted by molar-refractivity contribution is 5.88. The summed E-state index contributed by atoms with van der Waals surface area (Å²) in [5, 5.41) is 2.42. The van der Waals surface area contributed by atoms with Gasteiger partial charge in [-0.2, -0.15) is 0 Å². The van der Waals surface area contributed by atoms with Gasteiger partial charge in [0.15, 0.2) is 6.04 Å². The van der Waals surface area contributed by atoms with Crippen LogP contribution in [0.15, 0.2) is 18.2 Å². The maximum Gasteiger partial charge on any atom is 0.333 e. The van der Waals surface area contributed by atoms with Gasteiger partial charge in [0, 0.05) is 11.5 Å². The normalized spacial score (nSPS) is 22.0. The Morgan fingerprint density at radius 3 is 2.60 bits per heavy atom. The predicted octanol–water partition coefficient (Wildman–Crippen LogP) is 1.95. The Labute approximate surface area is 115 Å². The number of carbonyl (C=O) groups excluding carboxylic acids is 2. The molecule has 1 aliphatic carbocycles. The molecule has 1 aromatic carbocycles. The van der Waals surface area contributed by atoms with Gasteiger partial charge in [0.2, 0.25) is 5.91 Å². The number of amides is 1. The van der Waals surface area contributed by atoms with Gasteiger partial charge >= 0.3 is 5.97 Å². The first kappa shape index (κ1) is 14.4. The van der Waals surface area contributed by atoms with E-state index in [9.17, 15) is 18.4 Å². The molecule has 2 rings (SSSR count). The average Bonchev–Trinajstić information content (AvgIpc) is 3.15. The monoisotopic (exact) mass is 283 g/mol. The molecule has 1 fully saturated rings. The van der Waals surface area contributed by atoms with E-state index >= 15 is 0 Å². The van der Waals surface area contributed by atoms with Crippen molar-refractivity contribution in [1.82, 2.24) is 5.32 Å². The summed E-state index contributed by atoms with van der Waals surface area (Å²) in [5.74, 6) is -2.59. The Morgan fingerprint density at radius 2 is 2.05 bits per heavy atom. The molecule has 20 heavy (non-hydrogen) atoms. The van der Waals surface area contributed by atoms with Crippen molar-refractivity contribution in [3.05, 3.63) is 35.4 Å². The molecule has 0 radical (unpaired) electrons. The van der Waals surface area contributed by atoms with Gasteiger partial charge in [-0.05, 0) is 30.5 Å². The van der Waals surface area contributed by atoms with E-state index in [1.165, 1.54) is 0 Å². The second-order valence-electron chi connectivity index (χ2n) is 4.95. The summed E-state index contributed by atoms with van der Waals surface area (Å²) in [5.41, 5.74) is -0.237. The summed E-state index contributed by atoms with van der Waals surface area (Å²) in [4.78, 5) is 23.6. The molecule has 0 unspecified atom stereocenters. The lowest BCUT2D eigenvalue weighted by Crippen LogP contribution is -2.36. The third-order valence-electron chi connectivity index (χ3n) is 3.44. The number of ether oxygens (including phenoxy) is 1. The van der Waals surface area contributed by atoms with Gasteiger partial charge in [-0.15, -0.1) is 0 Å². The van der Waals surface area contributed by atoms with Crippen LogP contribution in [0.4, 0.5) is 8.78 Å². The zero-order valence-electron chi connectivity index (χ0n) is 11.2. The van der Waals surface area contributed by atoms with E-state index in [4.69, 9.17) is 0 Å². The summed E-state index contributed by atoms with van der Waals surface area (Å²) < 4.78 is 31.5. The Morgan fingerprint density at radius 1 is 1.40 bits per heavy atom. The summed E-state index contributed by atoms with van der Waals surface area (Å²) in [6.07, 6.45) is 0.728. The van der Waals surface area contributed by atoms with Crippen LogP contribution in [0.25, 0.3) is 0 Å². The quantitative estimate of drug-likeness (QED) is 0.859. The van der Waals surface area contributed by atoms with E-state index < -0.39 is 23.6 Å². The summed E-state index contributed by atoms with van der Waals surface area (Å²) >= 11 is 0. The van der Waals surface area contributed by atoms with Gasteiger partial charge in [0.25, 0.3) is 0 Å². The van der Waals surface area contributed by atoms with Crippen molar-refractivity contribution >= 4 is 11.9 Å². The zero-order chi connectivity index (χ0) is 14.9. The van der Waals surface area contributed by atoms with Crippen molar-refractivity contribution in [3.63, 3.8) is 0 Å². The Kier molecular flexibility index (Phi) is 4.01. The molecule has 0 saturated heterocycles. The topological polar surface area (TPSA) is 55.4 Å². The van der Waals surface area contributed by atoms with Gasteiger partial charge in [-0.1, -0.05) is 6.92 Å². The molecule has 0 spiro atoms. The Bertz CT molecular complexity index is 547. The molecule has 1 amide bonds. The van der Waals surface area contributed by atoms with Crippen LogP contribution in [0.2, 0.25) is 0 Å². The number of esters is 1. The number of hydrogen-bond acceptors (Lipinski definition) is 3. The highest BCUT2D eigenvalue weighted by Gasteiger charge is 2.41. The van der Waals surface area contributed by atoms with Gasteiger partial charge in [0.05, 0.1) is 7.11 Å². The third-order valence-corrected chi connectivity index (χ3v) is 3.44. The van der Waals surface area contributed by atoms with Crippen LogP contribution < -0.4 is 5.32 Å². The maximum atomic E-state index is 13.7. The van der Waals surface area contributed by atoms with Crippen LogP contribution in [-0.4, -0.2) is 19.0 Å². The van der Waals surface area contributed by atoms with E-state index in [0.717, 1.165) is 31.7 Å². The predicted molar refractivity (Wildman–Crippen MR) is 66.5 cm³/mol. The first-order valence-corrected chi connectivity index (χ1v) is 6.27. The largest absolute Gasteiger partial charge is 0.467 e. The molecule has 3 atom stereocenters. The maximum absolute atomic E-state index is 13.7. The third kappa shape index (κ3) is 2.95. The fourth-order valence-corrected chi connectivity index (χ4v) is 2.05. The SMILES string of the molecule is COC(=O)[C@H](NC(=O)[C@@H]1C[C@@H]1C)c1cc(F)ccc1F. The number of rotatable bonds is 4. The van der Waals surface area contributed by atoms with Crippen LogP contribution in [-0.2, 0) is 14.3 Å². The van der Waals surface area contributed by atoms with Crippen LogP contribution in [0.3, 0.4) is 0 Å². The molecular weight excluding hydrogens is 268 g/mol. The number of benzene rings is 1. The second-order valence-corrected chi connectivity index (χ2v) is 4.95. The van der Waals surface area contributed by atoms with Crippen molar-refractivity contribution in [2.24, 2.45) is 11.8 Å². The minimum atomic E-state index is -1.34. The molecule has 1 aliphatic rings. The summed E-state index contributed by atoms with van der Waals surface area (Å²) in [7, 11) is 1.12. The molecule has 0 bridgehead atoms. The molecule has 0 aliphatic heterocycles. The minimum absolute atomic E-state index is 0.182. The van der Waals surface area contributed by atoms with E-state index in [0.29, 0.717) is 0 Å². The van der Waals surface area contributed by atoms with Crippen molar-refractivity contribution in [3.8, 4) is 0 Å². The smallest absolute Gasteiger partial charge is 0.333 e. The van der Waals surface area contributed by atoms with Gasteiger partial charge in [-0.25, -0.2) is 13.6 Å². The standard InChI is InChI=1S/C14H15F2NO3/c1-7-5-9(7)13(18)17-12(14(19)20-2)10-6-8(15)3-4-11(10)16/h3-4,6-7,9,12H,5H2,1-2H3,(H,17,18)/t7-,9+,12+/m0/s1. The van der Waals surface area contributed by atoms with E-state index in [-0.39, 0.29) is 23.3 Å².